The SMILES string of the molecule is CCOn1ccc2c(N)csc21. The molecule has 2 rings (SSSR count). The zero-order chi connectivity index (χ0) is 8.55. The number of nitrogens with zero attached hydrogens (tertiary/aromatic N) is 1. The number of anilines is 1. The molecule has 0 aliphatic carbocycles. The van der Waals surface area contributed by atoms with Gasteiger partial charge < -0.3 is 10.6 Å². The first-order valence-electron chi connectivity index (χ1n) is 3.80. The first-order valence-corrected chi connectivity index (χ1v) is 4.68. The van der Waals surface area contributed by atoms with E-state index in [9.17, 15) is 0 Å². The van der Waals surface area contributed by atoms with Crippen LogP contribution >= 0.6 is 11.3 Å². The molecule has 0 radical (unpaired) electrons. The van der Waals surface area contributed by atoms with Gasteiger partial charge in [0.25, 0.3) is 0 Å². The van der Waals surface area contributed by atoms with Gasteiger partial charge in [0.05, 0.1) is 5.69 Å². The van der Waals surface area contributed by atoms with Gasteiger partial charge in [0.2, 0.25) is 0 Å². The lowest BCUT2D eigenvalue weighted by Gasteiger charge is -2.01. The van der Waals surface area contributed by atoms with Crippen LogP contribution in [0.15, 0.2) is 17.6 Å². The topological polar surface area (TPSA) is 40.2 Å². The molecule has 2 aromatic rings. The Morgan fingerprint density at radius 1 is 1.67 bits per heavy atom. The molecule has 2 N–H and O–H groups in total. The molecule has 4 heteroatoms. The average Bonchev–Trinajstić information content (AvgIpc) is 2.58. The summed E-state index contributed by atoms with van der Waals surface area (Å²) >= 11 is 1.60. The van der Waals surface area contributed by atoms with E-state index in [1.807, 2.05) is 24.6 Å². The number of thiophene rings is 1. The third-order valence-corrected chi connectivity index (χ3v) is 2.68. The fourth-order valence-electron chi connectivity index (χ4n) is 1.16. The fourth-order valence-corrected chi connectivity index (χ4v) is 2.05. The lowest BCUT2D eigenvalue weighted by Crippen LogP contribution is -2.07. The Hall–Kier alpha value is -1.16. The number of nitrogen functional groups attached to an aromatic ring is 1. The number of hydrogen-bond donors (Lipinski definition) is 1. The molecular weight excluding hydrogens is 172 g/mol. The van der Waals surface area contributed by atoms with Gasteiger partial charge in [-0.2, -0.15) is 4.73 Å². The second-order valence-electron chi connectivity index (χ2n) is 2.47. The van der Waals surface area contributed by atoms with Crippen molar-refractivity contribution >= 4 is 27.2 Å². The Morgan fingerprint density at radius 3 is 3.25 bits per heavy atom. The van der Waals surface area contributed by atoms with Crippen molar-refractivity contribution in [1.82, 2.24) is 4.73 Å². The van der Waals surface area contributed by atoms with Crippen LogP contribution in [0.25, 0.3) is 10.2 Å². The zero-order valence-corrected chi connectivity index (χ0v) is 7.60. The molecule has 2 heterocycles. The smallest absolute Gasteiger partial charge is 0.141 e. The van der Waals surface area contributed by atoms with Gasteiger partial charge in [-0.05, 0) is 13.0 Å². The summed E-state index contributed by atoms with van der Waals surface area (Å²) in [7, 11) is 0. The summed E-state index contributed by atoms with van der Waals surface area (Å²) in [6.45, 7) is 2.63. The highest BCUT2D eigenvalue weighted by Crippen LogP contribution is 2.27. The normalized spacial score (nSPS) is 10.8. The van der Waals surface area contributed by atoms with Crippen LogP contribution in [0, 0.1) is 0 Å². The lowest BCUT2D eigenvalue weighted by molar-refractivity contribution is 0.133. The van der Waals surface area contributed by atoms with Crippen LogP contribution in [-0.2, 0) is 0 Å². The van der Waals surface area contributed by atoms with Gasteiger partial charge in [-0.1, -0.05) is 0 Å². The minimum Gasteiger partial charge on any atom is -0.413 e. The van der Waals surface area contributed by atoms with E-state index in [0.717, 1.165) is 15.9 Å². The minimum atomic E-state index is 0.668. The number of rotatable bonds is 2. The number of aromatic nitrogens is 1. The molecule has 0 saturated heterocycles. The summed E-state index contributed by atoms with van der Waals surface area (Å²) in [5.74, 6) is 0. The van der Waals surface area contributed by atoms with Crippen LogP contribution < -0.4 is 10.6 Å². The Labute approximate surface area is 74.3 Å². The maximum Gasteiger partial charge on any atom is 0.141 e. The molecular formula is C8H10N2OS. The molecule has 0 fully saturated rings. The first-order chi connectivity index (χ1) is 5.83. The molecule has 0 amide bonds. The molecule has 0 unspecified atom stereocenters. The Morgan fingerprint density at radius 2 is 2.50 bits per heavy atom. The van der Waals surface area contributed by atoms with E-state index in [2.05, 4.69) is 0 Å². The number of nitrogens with two attached hydrogens (primary N) is 1. The minimum absolute atomic E-state index is 0.668. The molecule has 64 valence electrons. The van der Waals surface area contributed by atoms with Gasteiger partial charge in [0, 0.05) is 17.0 Å². The van der Waals surface area contributed by atoms with Gasteiger partial charge in [0.15, 0.2) is 0 Å². The zero-order valence-electron chi connectivity index (χ0n) is 6.78. The monoisotopic (exact) mass is 182 g/mol. The molecule has 0 saturated carbocycles. The van der Waals surface area contributed by atoms with E-state index in [1.165, 1.54) is 0 Å². The van der Waals surface area contributed by atoms with E-state index >= 15 is 0 Å². The Balaban J connectivity index is 2.55. The van der Waals surface area contributed by atoms with Crippen LogP contribution in [0.2, 0.25) is 0 Å². The maximum absolute atomic E-state index is 5.73. The molecule has 0 atom stereocenters. The molecule has 0 aliphatic rings. The van der Waals surface area contributed by atoms with Gasteiger partial charge in [0.1, 0.15) is 11.4 Å². The third kappa shape index (κ3) is 0.956. The van der Waals surface area contributed by atoms with Crippen molar-refractivity contribution < 1.29 is 4.84 Å². The standard InChI is InChI=1S/C8H10N2OS/c1-2-11-10-4-3-6-7(9)5-12-8(6)10/h3-5H,2,9H2,1H3. The summed E-state index contributed by atoms with van der Waals surface area (Å²) in [4.78, 5) is 6.42. The van der Waals surface area contributed by atoms with Gasteiger partial charge in [-0.25, -0.2) is 0 Å². The highest BCUT2D eigenvalue weighted by Gasteiger charge is 2.05. The van der Waals surface area contributed by atoms with Crippen LogP contribution in [0.1, 0.15) is 6.92 Å². The third-order valence-electron chi connectivity index (χ3n) is 1.68. The molecule has 2 aromatic heterocycles. The summed E-state index contributed by atoms with van der Waals surface area (Å²) in [6, 6.07) is 1.97. The van der Waals surface area contributed by atoms with Crippen molar-refractivity contribution in [3.63, 3.8) is 0 Å². The molecule has 12 heavy (non-hydrogen) atoms. The van der Waals surface area contributed by atoms with Gasteiger partial charge in [-0.15, -0.1) is 11.3 Å². The molecule has 3 nitrogen and oxygen atoms in total. The number of hydrogen-bond acceptors (Lipinski definition) is 3. The van der Waals surface area contributed by atoms with Crippen molar-refractivity contribution in [2.75, 3.05) is 12.3 Å². The van der Waals surface area contributed by atoms with Crippen molar-refractivity contribution in [2.45, 2.75) is 6.92 Å². The maximum atomic E-state index is 5.73. The summed E-state index contributed by atoms with van der Waals surface area (Å²) < 4.78 is 1.76. The predicted molar refractivity (Wildman–Crippen MR) is 51.3 cm³/mol. The first kappa shape index (κ1) is 7.49. The van der Waals surface area contributed by atoms with Gasteiger partial charge in [-0.3, -0.25) is 0 Å². The molecule has 0 spiro atoms. The van der Waals surface area contributed by atoms with Crippen LogP contribution in [0.5, 0.6) is 0 Å². The molecule has 0 bridgehead atoms. The summed E-state index contributed by atoms with van der Waals surface area (Å²) in [6.07, 6.45) is 1.89. The quantitative estimate of drug-likeness (QED) is 0.768. The number of fused-ring (bicyclic) bond motifs is 1. The van der Waals surface area contributed by atoms with E-state index in [0.29, 0.717) is 6.61 Å². The van der Waals surface area contributed by atoms with Crippen LogP contribution in [-0.4, -0.2) is 11.3 Å². The largest absolute Gasteiger partial charge is 0.413 e. The average molecular weight is 182 g/mol. The highest BCUT2D eigenvalue weighted by molar-refractivity contribution is 7.17. The Bertz CT molecular complexity index is 391. The highest BCUT2D eigenvalue weighted by atomic mass is 32.1. The van der Waals surface area contributed by atoms with E-state index in [4.69, 9.17) is 10.6 Å². The predicted octanol–water partition coefficient (Wildman–Crippen LogP) is 1.73. The second kappa shape index (κ2) is 2.71. The fraction of sp³-hybridized carbons (Fsp3) is 0.250. The van der Waals surface area contributed by atoms with Crippen LogP contribution in [0.4, 0.5) is 5.69 Å². The lowest BCUT2D eigenvalue weighted by atomic mass is 10.4. The van der Waals surface area contributed by atoms with E-state index in [1.54, 1.807) is 16.1 Å². The summed E-state index contributed by atoms with van der Waals surface area (Å²) in [5.41, 5.74) is 6.55. The second-order valence-corrected chi connectivity index (χ2v) is 3.33. The van der Waals surface area contributed by atoms with Crippen molar-refractivity contribution in [2.24, 2.45) is 0 Å². The summed E-state index contributed by atoms with van der Waals surface area (Å²) in [5, 5.41) is 3.01. The van der Waals surface area contributed by atoms with Crippen molar-refractivity contribution in [1.29, 1.82) is 0 Å². The van der Waals surface area contributed by atoms with Crippen molar-refractivity contribution in [3.05, 3.63) is 17.6 Å². The van der Waals surface area contributed by atoms with E-state index in [-0.39, 0.29) is 0 Å². The van der Waals surface area contributed by atoms with Crippen LogP contribution in [0.3, 0.4) is 0 Å². The van der Waals surface area contributed by atoms with E-state index < -0.39 is 0 Å². The molecule has 0 aliphatic heterocycles. The molecule has 0 aromatic carbocycles. The van der Waals surface area contributed by atoms with Crippen molar-refractivity contribution in [3.8, 4) is 0 Å². The Kier molecular flexibility index (Phi) is 1.69. The van der Waals surface area contributed by atoms with Gasteiger partial charge >= 0.3 is 0 Å².